The molecule has 0 heterocycles. The van der Waals surface area contributed by atoms with E-state index in [-0.39, 0.29) is 17.2 Å². The molecule has 1 rings (SSSR count). The predicted molar refractivity (Wildman–Crippen MR) is 76.4 cm³/mol. The Bertz CT molecular complexity index is 502. The molecule has 4 N–H and O–H groups in total. The van der Waals surface area contributed by atoms with Crippen molar-refractivity contribution in [3.05, 3.63) is 29.3 Å². The van der Waals surface area contributed by atoms with E-state index in [1.807, 2.05) is 33.8 Å². The highest BCUT2D eigenvalue weighted by atomic mass is 16.4. The van der Waals surface area contributed by atoms with E-state index in [9.17, 15) is 4.79 Å². The molecule has 0 aromatic heterocycles. The summed E-state index contributed by atoms with van der Waals surface area (Å²) in [6.07, 6.45) is 0.431. The Labute approximate surface area is 113 Å². The number of hydrogen-bond donors (Lipinski definition) is 3. The van der Waals surface area contributed by atoms with Crippen LogP contribution in [0.4, 0.5) is 5.69 Å². The van der Waals surface area contributed by atoms with Gasteiger partial charge in [-0.05, 0) is 24.0 Å². The second kappa shape index (κ2) is 5.73. The lowest BCUT2D eigenvalue weighted by molar-refractivity contribution is -0.117. The first kappa shape index (κ1) is 15.0. The van der Waals surface area contributed by atoms with Gasteiger partial charge in [0.25, 0.3) is 0 Å². The van der Waals surface area contributed by atoms with Crippen LogP contribution in [-0.4, -0.2) is 17.0 Å². The van der Waals surface area contributed by atoms with Gasteiger partial charge >= 0.3 is 0 Å². The molecule has 0 unspecified atom stereocenters. The van der Waals surface area contributed by atoms with Gasteiger partial charge in [0.15, 0.2) is 5.84 Å². The van der Waals surface area contributed by atoms with E-state index in [2.05, 4.69) is 10.5 Å². The zero-order valence-corrected chi connectivity index (χ0v) is 11.8. The van der Waals surface area contributed by atoms with Crippen molar-refractivity contribution in [3.8, 4) is 0 Å². The second-order valence-electron chi connectivity index (χ2n) is 5.80. The van der Waals surface area contributed by atoms with E-state index in [1.165, 1.54) is 0 Å². The number of nitrogens with zero attached hydrogens (tertiary/aromatic N) is 1. The van der Waals surface area contributed by atoms with Crippen molar-refractivity contribution >= 4 is 17.4 Å². The number of nitrogens with one attached hydrogen (secondary N) is 1. The largest absolute Gasteiger partial charge is 0.409 e. The molecule has 1 aromatic carbocycles. The number of carbonyl (C=O) groups is 1. The summed E-state index contributed by atoms with van der Waals surface area (Å²) in [6, 6.07) is 5.26. The number of aryl methyl sites for hydroxylation is 1. The third-order valence-electron chi connectivity index (χ3n) is 2.61. The van der Waals surface area contributed by atoms with Crippen LogP contribution in [0.15, 0.2) is 23.4 Å². The van der Waals surface area contributed by atoms with Gasteiger partial charge in [-0.25, -0.2) is 0 Å². The summed E-state index contributed by atoms with van der Waals surface area (Å²) in [4.78, 5) is 11.9. The van der Waals surface area contributed by atoms with E-state index < -0.39 is 0 Å². The number of benzene rings is 1. The lowest BCUT2D eigenvalue weighted by atomic mass is 9.92. The van der Waals surface area contributed by atoms with Gasteiger partial charge in [-0.3, -0.25) is 4.79 Å². The molecule has 1 amide bonds. The van der Waals surface area contributed by atoms with Gasteiger partial charge in [0.2, 0.25) is 5.91 Å². The van der Waals surface area contributed by atoms with Gasteiger partial charge in [0.05, 0.1) is 0 Å². The molecule has 5 heteroatoms. The molecule has 0 spiro atoms. The molecule has 19 heavy (non-hydrogen) atoms. The molecule has 0 atom stereocenters. The van der Waals surface area contributed by atoms with E-state index in [0.717, 1.165) is 5.56 Å². The zero-order valence-electron chi connectivity index (χ0n) is 11.8. The molecule has 1 aromatic rings. The first-order valence-corrected chi connectivity index (χ1v) is 6.11. The number of nitrogens with two attached hydrogens (primary N) is 1. The molecule has 0 aliphatic rings. The van der Waals surface area contributed by atoms with Gasteiger partial charge in [-0.1, -0.05) is 38.1 Å². The number of anilines is 1. The SMILES string of the molecule is Cc1ccc(C(N)=NO)cc1NC(=O)CC(C)(C)C. The van der Waals surface area contributed by atoms with Crippen LogP contribution < -0.4 is 11.1 Å². The minimum absolute atomic E-state index is 0.0197. The summed E-state index contributed by atoms with van der Waals surface area (Å²) in [5.41, 5.74) is 7.64. The average molecular weight is 263 g/mol. The molecule has 0 bridgehead atoms. The molecular formula is C14H21N3O2. The summed E-state index contributed by atoms with van der Waals surface area (Å²) in [7, 11) is 0. The minimum Gasteiger partial charge on any atom is -0.409 e. The number of rotatable bonds is 3. The van der Waals surface area contributed by atoms with Crippen LogP contribution in [-0.2, 0) is 4.79 Å². The van der Waals surface area contributed by atoms with Crippen molar-refractivity contribution in [2.45, 2.75) is 34.1 Å². The smallest absolute Gasteiger partial charge is 0.224 e. The Morgan fingerprint density at radius 2 is 2.05 bits per heavy atom. The number of amides is 1. The highest BCUT2D eigenvalue weighted by Crippen LogP contribution is 2.21. The zero-order chi connectivity index (χ0) is 14.6. The number of amidine groups is 1. The van der Waals surface area contributed by atoms with Gasteiger partial charge in [-0.2, -0.15) is 0 Å². The number of oxime groups is 1. The third kappa shape index (κ3) is 4.62. The Morgan fingerprint density at radius 3 is 2.58 bits per heavy atom. The Morgan fingerprint density at radius 1 is 1.42 bits per heavy atom. The van der Waals surface area contributed by atoms with E-state index in [1.54, 1.807) is 12.1 Å². The van der Waals surface area contributed by atoms with Crippen LogP contribution in [0.3, 0.4) is 0 Å². The quantitative estimate of drug-likeness (QED) is 0.339. The van der Waals surface area contributed by atoms with Crippen molar-refractivity contribution < 1.29 is 10.0 Å². The highest BCUT2D eigenvalue weighted by molar-refractivity contribution is 5.99. The highest BCUT2D eigenvalue weighted by Gasteiger charge is 2.16. The van der Waals surface area contributed by atoms with Crippen LogP contribution >= 0.6 is 0 Å². The van der Waals surface area contributed by atoms with Crippen molar-refractivity contribution in [1.82, 2.24) is 0 Å². The summed E-state index contributed by atoms with van der Waals surface area (Å²) in [5, 5.41) is 14.5. The second-order valence-corrected chi connectivity index (χ2v) is 5.80. The van der Waals surface area contributed by atoms with Crippen LogP contribution in [0.5, 0.6) is 0 Å². The predicted octanol–water partition coefficient (Wildman–Crippen LogP) is 2.46. The van der Waals surface area contributed by atoms with E-state index >= 15 is 0 Å². The summed E-state index contributed by atoms with van der Waals surface area (Å²) in [6.45, 7) is 7.91. The molecule has 0 radical (unpaired) electrons. The van der Waals surface area contributed by atoms with Gasteiger partial charge < -0.3 is 16.3 Å². The van der Waals surface area contributed by atoms with Crippen molar-refractivity contribution in [2.75, 3.05) is 5.32 Å². The Balaban J connectivity index is 2.92. The molecule has 0 aliphatic heterocycles. The van der Waals surface area contributed by atoms with Crippen LogP contribution in [0.1, 0.15) is 38.3 Å². The molecule has 0 saturated heterocycles. The fourth-order valence-electron chi connectivity index (χ4n) is 1.65. The van der Waals surface area contributed by atoms with Crippen molar-refractivity contribution in [1.29, 1.82) is 0 Å². The number of carbonyl (C=O) groups excluding carboxylic acids is 1. The first-order chi connectivity index (χ1) is 8.73. The normalized spacial score (nSPS) is 12.3. The average Bonchev–Trinajstić information content (AvgIpc) is 2.28. The number of hydrogen-bond acceptors (Lipinski definition) is 3. The van der Waals surface area contributed by atoms with Crippen molar-refractivity contribution in [3.63, 3.8) is 0 Å². The Hall–Kier alpha value is -2.04. The minimum atomic E-state index is -0.0683. The molecule has 5 nitrogen and oxygen atoms in total. The first-order valence-electron chi connectivity index (χ1n) is 6.11. The standard InChI is InChI=1S/C14H21N3O2/c1-9-5-6-10(13(15)17-19)7-11(9)16-12(18)8-14(2,3)4/h5-7,19H,8H2,1-4H3,(H2,15,17)(H,16,18). The molecule has 104 valence electrons. The molecular weight excluding hydrogens is 242 g/mol. The summed E-state index contributed by atoms with van der Waals surface area (Å²) >= 11 is 0. The molecule has 0 aliphatic carbocycles. The van der Waals surface area contributed by atoms with E-state index in [0.29, 0.717) is 17.7 Å². The monoisotopic (exact) mass is 263 g/mol. The van der Waals surface area contributed by atoms with Gasteiger partial charge in [0, 0.05) is 17.7 Å². The molecule has 0 saturated carbocycles. The maximum atomic E-state index is 11.9. The lowest BCUT2D eigenvalue weighted by Gasteiger charge is -2.18. The fourth-order valence-corrected chi connectivity index (χ4v) is 1.65. The summed E-state index contributed by atoms with van der Waals surface area (Å²) < 4.78 is 0. The van der Waals surface area contributed by atoms with Gasteiger partial charge in [-0.15, -0.1) is 0 Å². The lowest BCUT2D eigenvalue weighted by Crippen LogP contribution is -2.20. The maximum absolute atomic E-state index is 11.9. The Kier molecular flexibility index (Phi) is 4.53. The summed E-state index contributed by atoms with van der Waals surface area (Å²) in [5.74, 6) is -0.0291. The topological polar surface area (TPSA) is 87.7 Å². The van der Waals surface area contributed by atoms with E-state index in [4.69, 9.17) is 10.9 Å². The fraction of sp³-hybridized carbons (Fsp3) is 0.429. The maximum Gasteiger partial charge on any atom is 0.224 e. The van der Waals surface area contributed by atoms with Crippen LogP contribution in [0.25, 0.3) is 0 Å². The van der Waals surface area contributed by atoms with Gasteiger partial charge in [0.1, 0.15) is 0 Å². The third-order valence-corrected chi connectivity index (χ3v) is 2.61. The van der Waals surface area contributed by atoms with Crippen LogP contribution in [0, 0.1) is 12.3 Å². The van der Waals surface area contributed by atoms with Crippen molar-refractivity contribution in [2.24, 2.45) is 16.3 Å². The molecule has 0 fully saturated rings. The van der Waals surface area contributed by atoms with Crippen LogP contribution in [0.2, 0.25) is 0 Å².